The Labute approximate surface area is 155 Å². The van der Waals surface area contributed by atoms with Crippen LogP contribution in [0.2, 0.25) is 0 Å². The van der Waals surface area contributed by atoms with E-state index in [1.807, 2.05) is 35.7 Å². The summed E-state index contributed by atoms with van der Waals surface area (Å²) in [5.74, 6) is -0.0995. The molecule has 4 nitrogen and oxygen atoms in total. The Bertz CT molecular complexity index is 978. The number of aromatic nitrogens is 1. The van der Waals surface area contributed by atoms with E-state index in [1.54, 1.807) is 6.07 Å². The van der Waals surface area contributed by atoms with E-state index >= 15 is 0 Å². The average molecular weight is 365 g/mol. The molecule has 132 valence electrons. The van der Waals surface area contributed by atoms with E-state index in [4.69, 9.17) is 9.72 Å². The summed E-state index contributed by atoms with van der Waals surface area (Å²) in [7, 11) is 0. The van der Waals surface area contributed by atoms with Crippen LogP contribution in [0.4, 0.5) is 0 Å². The SMILES string of the molecule is C[C@@H]1CCc2nc3ccccc3c(C(=O)OCC(=O)c3cccs3)c2C1. The van der Waals surface area contributed by atoms with Crippen LogP contribution in [-0.4, -0.2) is 23.3 Å². The molecule has 0 spiro atoms. The highest BCUT2D eigenvalue weighted by Gasteiger charge is 2.26. The van der Waals surface area contributed by atoms with Gasteiger partial charge in [0, 0.05) is 11.1 Å². The number of nitrogens with zero attached hydrogens (tertiary/aromatic N) is 1. The van der Waals surface area contributed by atoms with Gasteiger partial charge in [-0.25, -0.2) is 4.79 Å². The first-order valence-electron chi connectivity index (χ1n) is 8.78. The third-order valence-corrected chi connectivity index (χ3v) is 5.75. The van der Waals surface area contributed by atoms with E-state index in [1.165, 1.54) is 11.3 Å². The number of ether oxygens (including phenoxy) is 1. The van der Waals surface area contributed by atoms with E-state index in [0.717, 1.165) is 41.4 Å². The van der Waals surface area contributed by atoms with Gasteiger partial charge in [0.2, 0.25) is 5.78 Å². The highest BCUT2D eigenvalue weighted by molar-refractivity contribution is 7.12. The second-order valence-electron chi connectivity index (χ2n) is 6.75. The monoisotopic (exact) mass is 365 g/mol. The number of Topliss-reactive ketones (excluding diaryl/α,β-unsaturated/α-hetero) is 1. The fourth-order valence-electron chi connectivity index (χ4n) is 3.51. The number of hydrogen-bond donors (Lipinski definition) is 0. The Balaban J connectivity index is 1.69. The summed E-state index contributed by atoms with van der Waals surface area (Å²) in [6.45, 7) is 1.95. The molecule has 4 rings (SSSR count). The first kappa shape index (κ1) is 16.9. The highest BCUT2D eigenvalue weighted by atomic mass is 32.1. The Morgan fingerprint density at radius 2 is 2.08 bits per heavy atom. The van der Waals surface area contributed by atoms with Gasteiger partial charge < -0.3 is 4.74 Å². The lowest BCUT2D eigenvalue weighted by atomic mass is 9.84. The van der Waals surface area contributed by atoms with Crippen LogP contribution in [-0.2, 0) is 17.6 Å². The molecule has 2 heterocycles. The minimum atomic E-state index is -0.432. The molecular formula is C21H19NO3S. The van der Waals surface area contributed by atoms with Crippen LogP contribution in [0, 0.1) is 5.92 Å². The summed E-state index contributed by atoms with van der Waals surface area (Å²) < 4.78 is 5.41. The van der Waals surface area contributed by atoms with Gasteiger partial charge in [-0.2, -0.15) is 0 Å². The standard InChI is InChI=1S/C21H19NO3S/c1-13-8-9-17-15(11-13)20(14-5-2-3-6-16(14)22-17)21(24)25-12-18(23)19-7-4-10-26-19/h2-7,10,13H,8-9,11-12H2,1H3/t13-/m1/s1. The molecule has 0 amide bonds. The zero-order chi connectivity index (χ0) is 18.1. The molecule has 0 saturated heterocycles. The first-order chi connectivity index (χ1) is 12.6. The van der Waals surface area contributed by atoms with Crippen molar-refractivity contribution in [2.24, 2.45) is 5.92 Å². The summed E-state index contributed by atoms with van der Waals surface area (Å²) >= 11 is 1.35. The lowest BCUT2D eigenvalue weighted by Gasteiger charge is -2.24. The molecule has 0 fully saturated rings. The van der Waals surface area contributed by atoms with Crippen LogP contribution in [0.25, 0.3) is 10.9 Å². The molecule has 1 atom stereocenters. The van der Waals surface area contributed by atoms with Crippen molar-refractivity contribution in [3.8, 4) is 0 Å². The summed E-state index contributed by atoms with van der Waals surface area (Å²) in [4.78, 5) is 30.4. The van der Waals surface area contributed by atoms with Gasteiger partial charge in [-0.05, 0) is 48.3 Å². The smallest absolute Gasteiger partial charge is 0.339 e. The number of carbonyl (C=O) groups is 2. The Morgan fingerprint density at radius 3 is 2.88 bits per heavy atom. The summed E-state index contributed by atoms with van der Waals surface area (Å²) in [6, 6.07) is 11.2. The maximum absolute atomic E-state index is 12.9. The predicted octanol–water partition coefficient (Wildman–Crippen LogP) is 4.46. The molecule has 0 saturated carbocycles. The van der Waals surface area contributed by atoms with E-state index in [2.05, 4.69) is 6.92 Å². The van der Waals surface area contributed by atoms with Gasteiger partial charge in [0.05, 0.1) is 16.0 Å². The molecular weight excluding hydrogens is 346 g/mol. The second-order valence-corrected chi connectivity index (χ2v) is 7.70. The molecule has 5 heteroatoms. The summed E-state index contributed by atoms with van der Waals surface area (Å²) in [5.41, 5.74) is 3.35. The minimum Gasteiger partial charge on any atom is -0.454 e. The average Bonchev–Trinajstić information content (AvgIpc) is 3.19. The number of para-hydroxylation sites is 1. The number of fused-ring (bicyclic) bond motifs is 2. The van der Waals surface area contributed by atoms with Gasteiger partial charge >= 0.3 is 5.97 Å². The van der Waals surface area contributed by atoms with E-state index in [9.17, 15) is 9.59 Å². The van der Waals surface area contributed by atoms with Crippen LogP contribution in [0.15, 0.2) is 41.8 Å². The Kier molecular flexibility index (Phi) is 4.55. The molecule has 1 aliphatic rings. The van der Waals surface area contributed by atoms with Crippen molar-refractivity contribution in [2.75, 3.05) is 6.61 Å². The fraction of sp³-hybridized carbons (Fsp3) is 0.286. The van der Waals surface area contributed by atoms with Crippen LogP contribution in [0.1, 0.15) is 44.6 Å². The van der Waals surface area contributed by atoms with Crippen molar-refractivity contribution in [1.29, 1.82) is 0 Å². The maximum atomic E-state index is 12.9. The fourth-order valence-corrected chi connectivity index (χ4v) is 4.16. The topological polar surface area (TPSA) is 56.3 Å². The predicted molar refractivity (Wildman–Crippen MR) is 102 cm³/mol. The number of carbonyl (C=O) groups excluding carboxylic acids is 2. The number of ketones is 1. The van der Waals surface area contributed by atoms with Crippen molar-refractivity contribution in [2.45, 2.75) is 26.2 Å². The van der Waals surface area contributed by atoms with Gasteiger partial charge in [-0.1, -0.05) is 31.2 Å². The first-order valence-corrected chi connectivity index (χ1v) is 9.65. The lowest BCUT2D eigenvalue weighted by molar-refractivity contribution is 0.0476. The number of esters is 1. The Morgan fingerprint density at radius 1 is 1.23 bits per heavy atom. The van der Waals surface area contributed by atoms with E-state index < -0.39 is 5.97 Å². The van der Waals surface area contributed by atoms with Gasteiger partial charge in [0.25, 0.3) is 0 Å². The van der Waals surface area contributed by atoms with Crippen LogP contribution in [0.3, 0.4) is 0 Å². The zero-order valence-electron chi connectivity index (χ0n) is 14.5. The van der Waals surface area contributed by atoms with Gasteiger partial charge in [-0.15, -0.1) is 11.3 Å². The van der Waals surface area contributed by atoms with E-state index in [0.29, 0.717) is 16.4 Å². The molecule has 3 aromatic rings. The zero-order valence-corrected chi connectivity index (χ0v) is 15.3. The van der Waals surface area contributed by atoms with Crippen LogP contribution >= 0.6 is 11.3 Å². The summed E-state index contributed by atoms with van der Waals surface area (Å²) in [6.07, 6.45) is 2.76. The number of hydrogen-bond acceptors (Lipinski definition) is 5. The minimum absolute atomic E-state index is 0.172. The molecule has 1 aromatic carbocycles. The van der Waals surface area contributed by atoms with Crippen molar-refractivity contribution in [3.05, 3.63) is 63.5 Å². The lowest BCUT2D eigenvalue weighted by Crippen LogP contribution is -2.21. The number of benzene rings is 1. The third-order valence-electron chi connectivity index (χ3n) is 4.84. The summed E-state index contributed by atoms with van der Waals surface area (Å²) in [5, 5.41) is 2.64. The van der Waals surface area contributed by atoms with Crippen LogP contribution < -0.4 is 0 Å². The van der Waals surface area contributed by atoms with Gasteiger partial charge in [0.15, 0.2) is 6.61 Å². The number of thiophene rings is 1. The number of rotatable bonds is 4. The molecule has 2 aromatic heterocycles. The molecule has 0 N–H and O–H groups in total. The third kappa shape index (κ3) is 3.15. The molecule has 1 aliphatic carbocycles. The normalized spacial score (nSPS) is 16.3. The Hall–Kier alpha value is -2.53. The van der Waals surface area contributed by atoms with Gasteiger partial charge in [-0.3, -0.25) is 9.78 Å². The number of pyridine rings is 1. The van der Waals surface area contributed by atoms with Crippen LogP contribution in [0.5, 0.6) is 0 Å². The largest absolute Gasteiger partial charge is 0.454 e. The number of aryl methyl sites for hydroxylation is 1. The molecule has 0 aliphatic heterocycles. The maximum Gasteiger partial charge on any atom is 0.339 e. The molecule has 0 unspecified atom stereocenters. The highest BCUT2D eigenvalue weighted by Crippen LogP contribution is 2.32. The van der Waals surface area contributed by atoms with Crippen molar-refractivity contribution in [3.63, 3.8) is 0 Å². The van der Waals surface area contributed by atoms with Crippen molar-refractivity contribution in [1.82, 2.24) is 4.98 Å². The van der Waals surface area contributed by atoms with Gasteiger partial charge in [0.1, 0.15) is 0 Å². The molecule has 0 bridgehead atoms. The van der Waals surface area contributed by atoms with Crippen molar-refractivity contribution < 1.29 is 14.3 Å². The van der Waals surface area contributed by atoms with Crippen molar-refractivity contribution >= 4 is 34.0 Å². The van der Waals surface area contributed by atoms with E-state index in [-0.39, 0.29) is 12.4 Å². The molecule has 26 heavy (non-hydrogen) atoms. The quantitative estimate of drug-likeness (QED) is 0.506. The second kappa shape index (κ2) is 7.00. The molecule has 0 radical (unpaired) electrons.